The number of nitrogens with zero attached hydrogens (tertiary/aromatic N) is 8. The summed E-state index contributed by atoms with van der Waals surface area (Å²) in [6, 6.07) is 1.80. The monoisotopic (exact) mass is 302 g/mol. The van der Waals surface area contributed by atoms with Crippen LogP contribution in [0.2, 0.25) is 5.28 Å². The maximum Gasteiger partial charge on any atom is 0.256 e. The normalized spacial score (nSPS) is 14.2. The van der Waals surface area contributed by atoms with Crippen molar-refractivity contribution < 1.29 is 0 Å². The molecule has 8 nitrogen and oxygen atoms in total. The zero-order valence-electron chi connectivity index (χ0n) is 11.0. The molecule has 0 N–H and O–H groups in total. The molecule has 3 aromatic rings. The molecule has 0 bridgehead atoms. The molecule has 21 heavy (non-hydrogen) atoms. The minimum absolute atomic E-state index is 0.152. The van der Waals surface area contributed by atoms with Crippen LogP contribution >= 0.6 is 11.6 Å². The summed E-state index contributed by atoms with van der Waals surface area (Å²) >= 11 is 6.01. The Morgan fingerprint density at radius 3 is 2.76 bits per heavy atom. The Kier molecular flexibility index (Phi) is 2.81. The van der Waals surface area contributed by atoms with Gasteiger partial charge >= 0.3 is 0 Å². The summed E-state index contributed by atoms with van der Waals surface area (Å²) in [6.07, 6.45) is 7.20. The molecule has 0 amide bonds. The van der Waals surface area contributed by atoms with E-state index in [1.54, 1.807) is 29.3 Å². The van der Waals surface area contributed by atoms with E-state index in [0.29, 0.717) is 18.4 Å². The molecule has 0 atom stereocenters. The van der Waals surface area contributed by atoms with Crippen molar-refractivity contribution in [3.63, 3.8) is 0 Å². The first-order valence-corrected chi connectivity index (χ1v) is 6.84. The zero-order valence-corrected chi connectivity index (χ0v) is 11.7. The smallest absolute Gasteiger partial charge is 0.256 e. The molecule has 106 valence electrons. The lowest BCUT2D eigenvalue weighted by Crippen LogP contribution is -2.35. The fourth-order valence-electron chi connectivity index (χ4n) is 2.30. The summed E-state index contributed by atoms with van der Waals surface area (Å²) in [5.74, 6) is 1.93. The highest BCUT2D eigenvalue weighted by Crippen LogP contribution is 2.18. The largest absolute Gasteiger partial charge is 0.332 e. The predicted molar refractivity (Wildman–Crippen MR) is 75.2 cm³/mol. The van der Waals surface area contributed by atoms with E-state index < -0.39 is 0 Å². The van der Waals surface area contributed by atoms with E-state index in [1.165, 1.54) is 0 Å². The molecule has 4 rings (SSSR count). The van der Waals surface area contributed by atoms with Gasteiger partial charge < -0.3 is 9.47 Å². The molecular formula is C12H11ClN8. The van der Waals surface area contributed by atoms with Gasteiger partial charge in [-0.15, -0.1) is 0 Å². The van der Waals surface area contributed by atoms with Crippen molar-refractivity contribution in [3.05, 3.63) is 42.0 Å². The second-order valence-corrected chi connectivity index (χ2v) is 4.95. The number of imidazole rings is 1. The third kappa shape index (κ3) is 2.23. The molecule has 0 aliphatic carbocycles. The number of halogens is 1. The second-order valence-electron chi connectivity index (χ2n) is 4.61. The number of aromatic nitrogens is 7. The van der Waals surface area contributed by atoms with Crippen molar-refractivity contribution >= 4 is 17.5 Å². The maximum absolute atomic E-state index is 6.01. The number of hydrogen-bond acceptors (Lipinski definition) is 6. The molecule has 0 spiro atoms. The topological polar surface area (TPSA) is 77.5 Å². The Bertz CT molecular complexity index is 765. The standard InChI is InChI=1S/C12H11ClN8/c13-10-16-11(18-12(17-10)21-4-1-2-15-21)20-7-6-19-5-3-14-9(19)8-20/h1-5H,6-8H2. The van der Waals surface area contributed by atoms with Gasteiger partial charge in [-0.25, -0.2) is 9.67 Å². The van der Waals surface area contributed by atoms with E-state index in [4.69, 9.17) is 11.6 Å². The summed E-state index contributed by atoms with van der Waals surface area (Å²) < 4.78 is 3.68. The van der Waals surface area contributed by atoms with Gasteiger partial charge in [-0.1, -0.05) is 0 Å². The highest BCUT2D eigenvalue weighted by atomic mass is 35.5. The van der Waals surface area contributed by atoms with Crippen molar-refractivity contribution in [3.8, 4) is 5.95 Å². The Morgan fingerprint density at radius 2 is 1.90 bits per heavy atom. The van der Waals surface area contributed by atoms with Crippen molar-refractivity contribution in [1.82, 2.24) is 34.3 Å². The van der Waals surface area contributed by atoms with Crippen LogP contribution in [-0.4, -0.2) is 40.8 Å². The van der Waals surface area contributed by atoms with Gasteiger partial charge in [0.05, 0.1) is 6.54 Å². The number of fused-ring (bicyclic) bond motifs is 1. The lowest BCUT2D eigenvalue weighted by molar-refractivity contribution is 0.549. The zero-order chi connectivity index (χ0) is 14.2. The fraction of sp³-hybridized carbons (Fsp3) is 0.250. The summed E-state index contributed by atoms with van der Waals surface area (Å²) in [5, 5.41) is 4.26. The van der Waals surface area contributed by atoms with Crippen LogP contribution < -0.4 is 4.90 Å². The van der Waals surface area contributed by atoms with Gasteiger partial charge in [0.1, 0.15) is 5.82 Å². The van der Waals surface area contributed by atoms with Crippen LogP contribution in [-0.2, 0) is 13.1 Å². The third-order valence-corrected chi connectivity index (χ3v) is 3.49. The van der Waals surface area contributed by atoms with Gasteiger partial charge in [-0.3, -0.25) is 0 Å². The first-order valence-electron chi connectivity index (χ1n) is 6.46. The Hall–Kier alpha value is -2.48. The van der Waals surface area contributed by atoms with Crippen molar-refractivity contribution in [1.29, 1.82) is 0 Å². The number of hydrogen-bond donors (Lipinski definition) is 0. The Balaban J connectivity index is 1.70. The summed E-state index contributed by atoms with van der Waals surface area (Å²) in [6.45, 7) is 2.28. The highest BCUT2D eigenvalue weighted by molar-refractivity contribution is 6.28. The SMILES string of the molecule is Clc1nc(N2CCn3ccnc3C2)nc(-n2cccn2)n1. The van der Waals surface area contributed by atoms with Gasteiger partial charge in [0.25, 0.3) is 5.95 Å². The molecule has 4 heterocycles. The van der Waals surface area contributed by atoms with Crippen molar-refractivity contribution in [2.24, 2.45) is 0 Å². The molecule has 0 aromatic carbocycles. The van der Waals surface area contributed by atoms with E-state index in [1.807, 2.05) is 11.1 Å². The molecule has 3 aromatic heterocycles. The Morgan fingerprint density at radius 1 is 1.00 bits per heavy atom. The molecule has 0 fully saturated rings. The van der Waals surface area contributed by atoms with Crippen LogP contribution in [0.4, 0.5) is 5.95 Å². The highest BCUT2D eigenvalue weighted by Gasteiger charge is 2.20. The van der Waals surface area contributed by atoms with Gasteiger partial charge in [-0.05, 0) is 17.7 Å². The quantitative estimate of drug-likeness (QED) is 0.701. The fourth-order valence-corrected chi connectivity index (χ4v) is 2.46. The van der Waals surface area contributed by atoms with Gasteiger partial charge in [0.15, 0.2) is 0 Å². The number of rotatable bonds is 2. The Labute approximate surface area is 125 Å². The first-order chi connectivity index (χ1) is 10.3. The van der Waals surface area contributed by atoms with E-state index in [-0.39, 0.29) is 5.28 Å². The predicted octanol–water partition coefficient (Wildman–Crippen LogP) is 0.927. The minimum Gasteiger partial charge on any atom is -0.332 e. The lowest BCUT2D eigenvalue weighted by Gasteiger charge is -2.27. The average molecular weight is 303 g/mol. The van der Waals surface area contributed by atoms with Crippen LogP contribution in [0.15, 0.2) is 30.9 Å². The van der Waals surface area contributed by atoms with Crippen LogP contribution in [0.5, 0.6) is 0 Å². The maximum atomic E-state index is 6.01. The number of anilines is 1. The van der Waals surface area contributed by atoms with E-state index in [2.05, 4.69) is 29.6 Å². The first kappa shape index (κ1) is 12.3. The third-order valence-electron chi connectivity index (χ3n) is 3.32. The van der Waals surface area contributed by atoms with Gasteiger partial charge in [0.2, 0.25) is 11.2 Å². The summed E-state index contributed by atoms with van der Waals surface area (Å²) in [4.78, 5) is 19.1. The van der Waals surface area contributed by atoms with Crippen LogP contribution in [0.3, 0.4) is 0 Å². The molecule has 0 radical (unpaired) electrons. The lowest BCUT2D eigenvalue weighted by atomic mass is 10.4. The molecule has 9 heteroatoms. The van der Waals surface area contributed by atoms with Crippen LogP contribution in [0.1, 0.15) is 5.82 Å². The second kappa shape index (κ2) is 4.81. The molecular weight excluding hydrogens is 292 g/mol. The summed E-state index contributed by atoms with van der Waals surface area (Å²) in [7, 11) is 0. The molecule has 0 saturated heterocycles. The molecule has 1 aliphatic rings. The van der Waals surface area contributed by atoms with Crippen LogP contribution in [0.25, 0.3) is 5.95 Å². The molecule has 0 unspecified atom stereocenters. The van der Waals surface area contributed by atoms with Crippen molar-refractivity contribution in [2.75, 3.05) is 11.4 Å². The van der Waals surface area contributed by atoms with Gasteiger partial charge in [0, 0.05) is 37.9 Å². The van der Waals surface area contributed by atoms with E-state index in [0.717, 1.165) is 18.9 Å². The molecule has 1 aliphatic heterocycles. The summed E-state index contributed by atoms with van der Waals surface area (Å²) in [5.41, 5.74) is 0. The van der Waals surface area contributed by atoms with Crippen LogP contribution in [0, 0.1) is 0 Å². The van der Waals surface area contributed by atoms with E-state index in [9.17, 15) is 0 Å². The molecule has 0 saturated carbocycles. The van der Waals surface area contributed by atoms with Crippen molar-refractivity contribution in [2.45, 2.75) is 13.1 Å². The van der Waals surface area contributed by atoms with E-state index >= 15 is 0 Å². The minimum atomic E-state index is 0.152. The van der Waals surface area contributed by atoms with Gasteiger partial charge in [-0.2, -0.15) is 20.1 Å². The average Bonchev–Trinajstić information content (AvgIpc) is 3.17.